The predicted molar refractivity (Wildman–Crippen MR) is 132 cm³/mol. The van der Waals surface area contributed by atoms with Gasteiger partial charge < -0.3 is 15.7 Å². The molecule has 12 heteroatoms. The van der Waals surface area contributed by atoms with Crippen molar-refractivity contribution in [3.05, 3.63) is 99.0 Å². The van der Waals surface area contributed by atoms with Crippen molar-refractivity contribution in [3.63, 3.8) is 0 Å². The number of amides is 2. The van der Waals surface area contributed by atoms with Gasteiger partial charge in [0.2, 0.25) is 0 Å². The highest BCUT2D eigenvalue weighted by atomic mass is 35.5. The highest BCUT2D eigenvalue weighted by Crippen LogP contribution is 2.32. The second-order valence-electron chi connectivity index (χ2n) is 8.88. The molecule has 38 heavy (non-hydrogen) atoms. The van der Waals surface area contributed by atoms with Crippen molar-refractivity contribution < 1.29 is 28.3 Å². The van der Waals surface area contributed by atoms with Crippen LogP contribution in [0, 0.1) is 11.6 Å². The molecule has 1 aliphatic rings. The Balaban J connectivity index is 1.41. The van der Waals surface area contributed by atoms with Crippen molar-refractivity contribution >= 4 is 34.8 Å². The molecule has 1 aliphatic carbocycles. The molecule has 2 atom stereocenters. The van der Waals surface area contributed by atoms with Gasteiger partial charge in [0.15, 0.2) is 17.2 Å². The van der Waals surface area contributed by atoms with E-state index in [0.717, 1.165) is 28.4 Å². The summed E-state index contributed by atoms with van der Waals surface area (Å²) >= 11 is 5.78. The van der Waals surface area contributed by atoms with Gasteiger partial charge in [-0.15, -0.1) is 0 Å². The molecule has 2 aromatic heterocycles. The standard InChI is InChI=1S/C26H20ClF2N5O4/c1-12(35)14-3-4-16-15(7-14)8-22(36)23(16)33-26(38)21-9-20(32-24-19(29)11-31-34(21)24)25(37)30-10-13-2-5-18(28)17(27)6-13/h2-7,9,11,22-23,36H,8,10H2,1H3,(H,30,37)(H,33,38)/t22-,23-/m1/s1. The van der Waals surface area contributed by atoms with Crippen LogP contribution in [0.1, 0.15) is 61.0 Å². The molecular weight excluding hydrogens is 520 g/mol. The molecule has 194 valence electrons. The summed E-state index contributed by atoms with van der Waals surface area (Å²) in [4.78, 5) is 41.8. The molecule has 2 amide bonds. The average Bonchev–Trinajstić information content (AvgIpc) is 3.42. The first-order valence-corrected chi connectivity index (χ1v) is 11.9. The second-order valence-corrected chi connectivity index (χ2v) is 9.29. The molecule has 0 radical (unpaired) electrons. The van der Waals surface area contributed by atoms with Gasteiger partial charge in [-0.25, -0.2) is 18.3 Å². The van der Waals surface area contributed by atoms with Gasteiger partial charge >= 0.3 is 0 Å². The monoisotopic (exact) mass is 539 g/mol. The third kappa shape index (κ3) is 4.73. The first-order chi connectivity index (χ1) is 18.1. The van der Waals surface area contributed by atoms with Crippen molar-refractivity contribution in [1.29, 1.82) is 0 Å². The van der Waals surface area contributed by atoms with Gasteiger partial charge in [-0.1, -0.05) is 29.8 Å². The van der Waals surface area contributed by atoms with Gasteiger partial charge in [-0.05, 0) is 41.8 Å². The minimum Gasteiger partial charge on any atom is -0.390 e. The largest absolute Gasteiger partial charge is 0.390 e. The Bertz CT molecular complexity index is 1620. The van der Waals surface area contributed by atoms with Crippen molar-refractivity contribution in [3.8, 4) is 0 Å². The number of carbonyl (C=O) groups excluding carboxylic acids is 3. The second kappa shape index (κ2) is 9.92. The lowest BCUT2D eigenvalue weighted by molar-refractivity contribution is 0.0850. The molecule has 2 aromatic carbocycles. The highest BCUT2D eigenvalue weighted by Gasteiger charge is 2.33. The molecule has 0 saturated carbocycles. The quantitative estimate of drug-likeness (QED) is 0.323. The van der Waals surface area contributed by atoms with Crippen LogP contribution in [-0.4, -0.2) is 43.4 Å². The van der Waals surface area contributed by atoms with Gasteiger partial charge in [0, 0.05) is 24.6 Å². The topological polar surface area (TPSA) is 126 Å². The highest BCUT2D eigenvalue weighted by molar-refractivity contribution is 6.30. The van der Waals surface area contributed by atoms with E-state index < -0.39 is 35.6 Å². The van der Waals surface area contributed by atoms with E-state index in [-0.39, 0.29) is 40.8 Å². The number of nitrogens with one attached hydrogen (secondary N) is 2. The molecule has 0 spiro atoms. The van der Waals surface area contributed by atoms with Crippen LogP contribution < -0.4 is 10.6 Å². The Hall–Kier alpha value is -4.22. The molecule has 0 aliphatic heterocycles. The zero-order valence-corrected chi connectivity index (χ0v) is 20.6. The summed E-state index contributed by atoms with van der Waals surface area (Å²) in [5.74, 6) is -3.02. The number of nitrogens with zero attached hydrogens (tertiary/aromatic N) is 3. The van der Waals surface area contributed by atoms with Crippen LogP contribution in [0.3, 0.4) is 0 Å². The van der Waals surface area contributed by atoms with Crippen LogP contribution in [0.5, 0.6) is 0 Å². The Morgan fingerprint density at radius 3 is 2.63 bits per heavy atom. The number of hydrogen-bond acceptors (Lipinski definition) is 6. The number of hydrogen-bond donors (Lipinski definition) is 3. The lowest BCUT2D eigenvalue weighted by atomic mass is 10.0. The fourth-order valence-electron chi connectivity index (χ4n) is 4.38. The average molecular weight is 540 g/mol. The molecule has 0 bridgehead atoms. The Kier molecular flexibility index (Phi) is 6.64. The maximum absolute atomic E-state index is 14.4. The third-order valence-corrected chi connectivity index (χ3v) is 6.61. The number of aliphatic hydroxyl groups is 1. The molecule has 3 N–H and O–H groups in total. The lowest BCUT2D eigenvalue weighted by Crippen LogP contribution is -2.35. The van der Waals surface area contributed by atoms with Gasteiger partial charge in [0.25, 0.3) is 11.8 Å². The van der Waals surface area contributed by atoms with E-state index in [0.29, 0.717) is 16.7 Å². The number of aromatic nitrogens is 3. The molecular formula is C26H20ClF2N5O4. The van der Waals surface area contributed by atoms with Crippen molar-refractivity contribution in [1.82, 2.24) is 25.2 Å². The maximum Gasteiger partial charge on any atom is 0.270 e. The Morgan fingerprint density at radius 1 is 1.11 bits per heavy atom. The van der Waals surface area contributed by atoms with E-state index in [2.05, 4.69) is 20.7 Å². The van der Waals surface area contributed by atoms with Crippen molar-refractivity contribution in [2.75, 3.05) is 0 Å². The molecule has 4 aromatic rings. The molecule has 0 saturated heterocycles. The van der Waals surface area contributed by atoms with Gasteiger partial charge in [-0.2, -0.15) is 5.10 Å². The number of ketones is 1. The van der Waals surface area contributed by atoms with E-state index >= 15 is 0 Å². The minimum absolute atomic E-state index is 0.0255. The summed E-state index contributed by atoms with van der Waals surface area (Å²) in [6.45, 7) is 1.41. The number of aliphatic hydroxyl groups excluding tert-OH is 1. The lowest BCUT2D eigenvalue weighted by Gasteiger charge is -2.18. The fraction of sp³-hybridized carbons (Fsp3) is 0.192. The zero-order chi connectivity index (χ0) is 27.1. The first-order valence-electron chi connectivity index (χ1n) is 11.5. The summed E-state index contributed by atoms with van der Waals surface area (Å²) in [6, 6.07) is 9.27. The maximum atomic E-state index is 14.4. The summed E-state index contributed by atoms with van der Waals surface area (Å²) in [7, 11) is 0. The molecule has 2 heterocycles. The summed E-state index contributed by atoms with van der Waals surface area (Å²) in [5.41, 5.74) is 1.59. The van der Waals surface area contributed by atoms with E-state index in [1.807, 2.05) is 0 Å². The number of fused-ring (bicyclic) bond motifs is 2. The SMILES string of the molecule is CC(=O)c1ccc2c(c1)C[C@@H](O)[C@@H]2NC(=O)c1cc(C(=O)NCc2ccc(F)c(Cl)c2)nc2c(F)cnn12. The summed E-state index contributed by atoms with van der Waals surface area (Å²) in [5, 5.41) is 19.7. The summed E-state index contributed by atoms with van der Waals surface area (Å²) in [6.07, 6.45) is 0.128. The van der Waals surface area contributed by atoms with Crippen LogP contribution in [0.25, 0.3) is 5.65 Å². The van der Waals surface area contributed by atoms with Crippen LogP contribution >= 0.6 is 11.6 Å². The van der Waals surface area contributed by atoms with Crippen LogP contribution in [-0.2, 0) is 13.0 Å². The zero-order valence-electron chi connectivity index (χ0n) is 19.8. The molecule has 5 rings (SSSR count). The number of rotatable bonds is 6. The van der Waals surface area contributed by atoms with Crippen LogP contribution in [0.2, 0.25) is 5.02 Å². The normalized spacial score (nSPS) is 16.3. The molecule has 0 fully saturated rings. The number of benzene rings is 2. The Labute approximate surface area is 219 Å². The van der Waals surface area contributed by atoms with E-state index in [4.69, 9.17) is 11.6 Å². The van der Waals surface area contributed by atoms with Gasteiger partial charge in [0.1, 0.15) is 17.2 Å². The Morgan fingerprint density at radius 2 is 1.89 bits per heavy atom. The summed E-state index contributed by atoms with van der Waals surface area (Å²) < 4.78 is 28.8. The smallest absolute Gasteiger partial charge is 0.270 e. The van der Waals surface area contributed by atoms with E-state index in [1.165, 1.54) is 19.1 Å². The van der Waals surface area contributed by atoms with Crippen molar-refractivity contribution in [2.45, 2.75) is 32.0 Å². The third-order valence-electron chi connectivity index (χ3n) is 6.32. The van der Waals surface area contributed by atoms with Crippen molar-refractivity contribution in [2.24, 2.45) is 0 Å². The van der Waals surface area contributed by atoms with Crippen LogP contribution in [0.4, 0.5) is 8.78 Å². The minimum atomic E-state index is -0.965. The van der Waals surface area contributed by atoms with Gasteiger partial charge in [0.05, 0.1) is 23.4 Å². The van der Waals surface area contributed by atoms with Crippen LogP contribution in [0.15, 0.2) is 48.7 Å². The van der Waals surface area contributed by atoms with Gasteiger partial charge in [-0.3, -0.25) is 14.4 Å². The predicted octanol–water partition coefficient (Wildman–Crippen LogP) is 3.18. The fourth-order valence-corrected chi connectivity index (χ4v) is 4.58. The number of carbonyl (C=O) groups is 3. The molecule has 0 unspecified atom stereocenters. The number of Topliss-reactive ketones (excluding diaryl/α,β-unsaturated/α-hetero) is 1. The number of halogens is 3. The molecule has 9 nitrogen and oxygen atoms in total. The van der Waals surface area contributed by atoms with E-state index in [9.17, 15) is 28.3 Å². The first kappa shape index (κ1) is 25.4. The van der Waals surface area contributed by atoms with E-state index in [1.54, 1.807) is 18.2 Å².